The fourth-order valence-corrected chi connectivity index (χ4v) is 5.35. The van der Waals surface area contributed by atoms with E-state index in [2.05, 4.69) is 29.5 Å². The van der Waals surface area contributed by atoms with Gasteiger partial charge in [-0.1, -0.05) is 18.2 Å². The molecule has 0 unspecified atom stereocenters. The van der Waals surface area contributed by atoms with E-state index >= 15 is 0 Å². The zero-order valence-corrected chi connectivity index (χ0v) is 18.8. The average Bonchev–Trinajstić information content (AvgIpc) is 3.17. The Kier molecular flexibility index (Phi) is 4.91. The molecule has 31 heavy (non-hydrogen) atoms. The third-order valence-corrected chi connectivity index (χ3v) is 7.50. The van der Waals surface area contributed by atoms with Crippen LogP contribution in [0.15, 0.2) is 36.8 Å². The average molecular weight is 421 g/mol. The van der Waals surface area contributed by atoms with Crippen LogP contribution in [0, 0.1) is 18.3 Å². The molecule has 164 valence electrons. The Morgan fingerprint density at radius 3 is 2.71 bits per heavy atom. The van der Waals surface area contributed by atoms with E-state index in [0.717, 1.165) is 36.3 Å². The van der Waals surface area contributed by atoms with Crippen LogP contribution < -0.4 is 0 Å². The Morgan fingerprint density at radius 2 is 2.03 bits per heavy atom. The molecule has 5 rings (SSSR count). The standard InChI is InChI=1S/C25H32N4O2/c1-17(2)29-14-22(26-16-29)21-13-28(23(30)20-7-5-4-6-18(20)3)15-25(21)10-11-27(24(25)31)12-19-8-9-19/h4-7,14,16-17,19,21H,8-13,15H2,1-3H3/t21-,25-/m1/s1. The van der Waals surface area contributed by atoms with Gasteiger partial charge in [-0.25, -0.2) is 4.98 Å². The Labute approximate surface area is 184 Å². The molecule has 1 aromatic carbocycles. The van der Waals surface area contributed by atoms with Crippen LogP contribution in [0.5, 0.6) is 0 Å². The van der Waals surface area contributed by atoms with Crippen molar-refractivity contribution in [2.75, 3.05) is 26.2 Å². The van der Waals surface area contributed by atoms with Gasteiger partial charge in [0.05, 0.1) is 17.4 Å². The van der Waals surface area contributed by atoms with Crippen molar-refractivity contribution < 1.29 is 9.59 Å². The lowest BCUT2D eigenvalue weighted by Gasteiger charge is -2.28. The molecule has 2 aromatic rings. The molecule has 1 aliphatic carbocycles. The molecule has 3 aliphatic rings. The van der Waals surface area contributed by atoms with Crippen molar-refractivity contribution >= 4 is 11.8 Å². The van der Waals surface area contributed by atoms with Gasteiger partial charge >= 0.3 is 0 Å². The minimum absolute atomic E-state index is 0.0247. The first-order chi connectivity index (χ1) is 14.9. The van der Waals surface area contributed by atoms with Crippen molar-refractivity contribution in [1.82, 2.24) is 19.4 Å². The predicted molar refractivity (Wildman–Crippen MR) is 119 cm³/mol. The second-order valence-electron chi connectivity index (χ2n) is 9.99. The smallest absolute Gasteiger partial charge is 0.254 e. The van der Waals surface area contributed by atoms with E-state index < -0.39 is 5.41 Å². The van der Waals surface area contributed by atoms with Crippen molar-refractivity contribution in [2.24, 2.45) is 11.3 Å². The topological polar surface area (TPSA) is 58.4 Å². The molecule has 2 atom stereocenters. The lowest BCUT2D eigenvalue weighted by molar-refractivity contribution is -0.136. The Hall–Kier alpha value is -2.63. The summed E-state index contributed by atoms with van der Waals surface area (Å²) < 4.78 is 2.09. The molecular weight excluding hydrogens is 388 g/mol. The molecular formula is C25H32N4O2. The first-order valence-electron chi connectivity index (χ1n) is 11.6. The van der Waals surface area contributed by atoms with Crippen molar-refractivity contribution in [2.45, 2.75) is 52.0 Å². The third-order valence-electron chi connectivity index (χ3n) is 7.50. The van der Waals surface area contributed by atoms with E-state index in [0.29, 0.717) is 25.0 Å². The second kappa shape index (κ2) is 7.50. The molecule has 1 aromatic heterocycles. The molecule has 2 amide bonds. The number of amides is 2. The van der Waals surface area contributed by atoms with Crippen LogP contribution >= 0.6 is 0 Å². The fourth-order valence-electron chi connectivity index (χ4n) is 5.35. The first-order valence-corrected chi connectivity index (χ1v) is 11.6. The number of imidazole rings is 1. The Bertz CT molecular complexity index is 1010. The first kappa shape index (κ1) is 20.3. The maximum Gasteiger partial charge on any atom is 0.254 e. The summed E-state index contributed by atoms with van der Waals surface area (Å²) in [7, 11) is 0. The van der Waals surface area contributed by atoms with Gasteiger partial charge in [-0.15, -0.1) is 0 Å². The molecule has 2 saturated heterocycles. The highest BCUT2D eigenvalue weighted by Crippen LogP contribution is 2.50. The number of aryl methyl sites for hydroxylation is 1. The maximum absolute atomic E-state index is 13.7. The highest BCUT2D eigenvalue weighted by Gasteiger charge is 2.59. The van der Waals surface area contributed by atoms with Crippen molar-refractivity contribution in [3.8, 4) is 0 Å². The Balaban J connectivity index is 1.48. The summed E-state index contributed by atoms with van der Waals surface area (Å²) in [4.78, 5) is 35.9. The van der Waals surface area contributed by atoms with Crippen LogP contribution in [0.1, 0.15) is 66.7 Å². The molecule has 2 aliphatic heterocycles. The fraction of sp³-hybridized carbons (Fsp3) is 0.560. The summed E-state index contributed by atoms with van der Waals surface area (Å²) in [6.07, 6.45) is 7.21. The summed E-state index contributed by atoms with van der Waals surface area (Å²) in [6.45, 7) is 8.93. The molecule has 1 spiro atoms. The van der Waals surface area contributed by atoms with Gasteiger partial charge < -0.3 is 14.4 Å². The highest BCUT2D eigenvalue weighted by molar-refractivity contribution is 5.97. The van der Waals surface area contributed by atoms with E-state index in [1.807, 2.05) is 42.4 Å². The molecule has 3 fully saturated rings. The van der Waals surface area contributed by atoms with Gasteiger partial charge in [0.25, 0.3) is 5.91 Å². The van der Waals surface area contributed by atoms with Gasteiger partial charge in [-0.05, 0) is 57.6 Å². The van der Waals surface area contributed by atoms with E-state index in [9.17, 15) is 9.59 Å². The van der Waals surface area contributed by atoms with Crippen molar-refractivity contribution in [1.29, 1.82) is 0 Å². The number of hydrogen-bond acceptors (Lipinski definition) is 3. The predicted octanol–water partition coefficient (Wildman–Crippen LogP) is 3.64. The van der Waals surface area contributed by atoms with E-state index in [-0.39, 0.29) is 17.7 Å². The lowest BCUT2D eigenvalue weighted by atomic mass is 9.75. The van der Waals surface area contributed by atoms with E-state index in [1.165, 1.54) is 12.8 Å². The van der Waals surface area contributed by atoms with Gasteiger partial charge in [0.2, 0.25) is 5.91 Å². The van der Waals surface area contributed by atoms with Crippen molar-refractivity contribution in [3.63, 3.8) is 0 Å². The zero-order valence-electron chi connectivity index (χ0n) is 18.8. The molecule has 3 heterocycles. The minimum Gasteiger partial charge on any atom is -0.342 e. The monoisotopic (exact) mass is 420 g/mol. The summed E-state index contributed by atoms with van der Waals surface area (Å²) in [6, 6.07) is 8.04. The summed E-state index contributed by atoms with van der Waals surface area (Å²) in [5.74, 6) is 0.862. The Morgan fingerprint density at radius 1 is 1.26 bits per heavy atom. The molecule has 0 bridgehead atoms. The number of benzene rings is 1. The lowest BCUT2D eigenvalue weighted by Crippen LogP contribution is -2.41. The van der Waals surface area contributed by atoms with Crippen molar-refractivity contribution in [3.05, 3.63) is 53.6 Å². The summed E-state index contributed by atoms with van der Waals surface area (Å²) in [5, 5.41) is 0. The van der Waals surface area contributed by atoms with Crippen LogP contribution in [0.4, 0.5) is 0 Å². The minimum atomic E-state index is -0.552. The number of hydrogen-bond donors (Lipinski definition) is 0. The van der Waals surface area contributed by atoms with E-state index in [4.69, 9.17) is 4.98 Å². The van der Waals surface area contributed by atoms with Gasteiger partial charge in [-0.2, -0.15) is 0 Å². The third kappa shape index (κ3) is 3.46. The number of rotatable bonds is 5. The molecule has 6 heteroatoms. The summed E-state index contributed by atoms with van der Waals surface area (Å²) in [5.41, 5.74) is 2.09. The second-order valence-corrected chi connectivity index (χ2v) is 9.99. The summed E-state index contributed by atoms with van der Waals surface area (Å²) >= 11 is 0. The maximum atomic E-state index is 13.7. The number of carbonyl (C=O) groups is 2. The number of carbonyl (C=O) groups excluding carboxylic acids is 2. The highest BCUT2D eigenvalue weighted by atomic mass is 16.2. The largest absolute Gasteiger partial charge is 0.342 e. The molecule has 0 N–H and O–H groups in total. The van der Waals surface area contributed by atoms with E-state index in [1.54, 1.807) is 0 Å². The van der Waals surface area contributed by atoms with Crippen LogP contribution in [0.25, 0.3) is 0 Å². The van der Waals surface area contributed by atoms with Crippen LogP contribution in [0.3, 0.4) is 0 Å². The van der Waals surface area contributed by atoms with Gasteiger partial charge in [0.15, 0.2) is 0 Å². The molecule has 1 saturated carbocycles. The zero-order chi connectivity index (χ0) is 21.8. The molecule has 0 radical (unpaired) electrons. The van der Waals surface area contributed by atoms with Crippen LogP contribution in [-0.4, -0.2) is 57.3 Å². The van der Waals surface area contributed by atoms with Gasteiger partial charge in [0.1, 0.15) is 0 Å². The normalized spacial score (nSPS) is 25.9. The number of likely N-dealkylation sites (tertiary alicyclic amines) is 2. The SMILES string of the molecule is Cc1ccccc1C(=O)N1C[C@H](c2cn(C(C)C)cn2)[C@@]2(CCN(CC3CC3)C2=O)C1. The quantitative estimate of drug-likeness (QED) is 0.742. The van der Waals surface area contributed by atoms with Gasteiger partial charge in [0, 0.05) is 49.9 Å². The molecule has 6 nitrogen and oxygen atoms in total. The van der Waals surface area contributed by atoms with Crippen LogP contribution in [-0.2, 0) is 4.79 Å². The number of nitrogens with zero attached hydrogens (tertiary/aromatic N) is 4. The van der Waals surface area contributed by atoms with Crippen LogP contribution in [0.2, 0.25) is 0 Å². The number of aromatic nitrogens is 2. The van der Waals surface area contributed by atoms with Gasteiger partial charge in [-0.3, -0.25) is 9.59 Å².